The average molecular weight is 1710 g/mol. The molecule has 21 aromatic carbocycles. The topological polar surface area (TPSA) is 69.6 Å². The number of thiophene rings is 1. The molecule has 133 heavy (non-hydrogen) atoms. The summed E-state index contributed by atoms with van der Waals surface area (Å²) in [7, 11) is 0. The molecule has 3 aliphatic carbocycles. The second-order valence-corrected chi connectivity index (χ2v) is 35.9. The van der Waals surface area contributed by atoms with E-state index in [-0.39, 0.29) is 0 Å². The molecule has 3 aliphatic rings. The van der Waals surface area contributed by atoms with Gasteiger partial charge in [0, 0.05) is 76.3 Å². The molecule has 0 saturated heterocycles. The lowest BCUT2D eigenvalue weighted by Crippen LogP contribution is -2.10. The number of para-hydroxylation sites is 3. The van der Waals surface area contributed by atoms with E-state index in [2.05, 4.69) is 449 Å². The van der Waals surface area contributed by atoms with Crippen molar-refractivity contribution in [1.29, 1.82) is 0 Å². The Morgan fingerprint density at radius 3 is 1.14 bits per heavy atom. The Hall–Kier alpha value is -17.5. The first-order chi connectivity index (χ1) is 66.0. The standard InChI is InChI=1S/C46H30N2.C40H23N3.C38H21N3S/c1-3-12-31(13-4-1)32-24-27-35(28-25-32)47(34-15-5-2-6-16-34)36-17-10-18-37(30-36)48-42-23-11-22-41-39-20-8-7-19-38(39)40-21-9-14-33-26-29-43(48)46(44(33)40)45(41)42;1-2-10-26-23-27(20-19-24(26)9-1)39-40(42-33-17-6-5-16-32(33)41-39)43-34-18-8-15-31-29-13-4-3-12-28(29)30-14-7-11-25-21-22-35(43)38(36(25)30)37(31)34;1-2-10-23(11-3-1)37-39-35-28-15-6-7-19-31(28)42-36(35)38(40-37)41-29-18-9-17-27-25-14-5-4-13-24(25)26-16-8-12-22-20-21-30(41)34(32(22)26)33(27)29/h1-30H;1-23H;1-21H. The summed E-state index contributed by atoms with van der Waals surface area (Å²) in [6.45, 7) is 0. The minimum absolute atomic E-state index is 0.742. The summed E-state index contributed by atoms with van der Waals surface area (Å²) in [6.07, 6.45) is 0. The lowest BCUT2D eigenvalue weighted by molar-refractivity contribution is 1.08. The molecule has 0 aliphatic heterocycles. The maximum atomic E-state index is 5.37. The molecule has 0 saturated carbocycles. The van der Waals surface area contributed by atoms with Crippen LogP contribution in [0.2, 0.25) is 0 Å². The minimum Gasteiger partial charge on any atom is -0.310 e. The number of nitrogens with zero attached hydrogens (tertiary/aromatic N) is 8. The van der Waals surface area contributed by atoms with Crippen molar-refractivity contribution in [2.24, 2.45) is 0 Å². The van der Waals surface area contributed by atoms with Crippen molar-refractivity contribution < 1.29 is 0 Å². The number of rotatable bonds is 9. The first-order valence-corrected chi connectivity index (χ1v) is 46.2. The molecule has 0 amide bonds. The van der Waals surface area contributed by atoms with Crippen molar-refractivity contribution >= 4 is 168 Å². The molecule has 6 heterocycles. The molecule has 8 nitrogen and oxygen atoms in total. The minimum atomic E-state index is 0.742. The highest BCUT2D eigenvalue weighted by Gasteiger charge is 2.32. The molecule has 0 N–H and O–H groups in total. The van der Waals surface area contributed by atoms with E-state index in [1.807, 2.05) is 18.2 Å². The summed E-state index contributed by atoms with van der Waals surface area (Å²) in [4.78, 5) is 23.6. The van der Waals surface area contributed by atoms with Gasteiger partial charge in [-0.15, -0.1) is 11.3 Å². The first kappa shape index (κ1) is 74.6. The Morgan fingerprint density at radius 1 is 0.211 bits per heavy atom. The van der Waals surface area contributed by atoms with Crippen molar-refractivity contribution in [1.82, 2.24) is 33.6 Å². The van der Waals surface area contributed by atoms with E-state index in [1.165, 1.54) is 180 Å². The lowest BCUT2D eigenvalue weighted by Gasteiger charge is -2.26. The molecular weight excluding hydrogens is 1630 g/mol. The van der Waals surface area contributed by atoms with E-state index >= 15 is 0 Å². The third-order valence-corrected chi connectivity index (χ3v) is 28.9. The number of hydrogen-bond acceptors (Lipinski definition) is 6. The zero-order valence-electron chi connectivity index (χ0n) is 71.7. The Kier molecular flexibility index (Phi) is 16.6. The highest BCUT2D eigenvalue weighted by Crippen LogP contribution is 2.56. The Morgan fingerprint density at radius 2 is 0.586 bits per heavy atom. The number of aromatic nitrogens is 7. The number of hydrogen-bond donors (Lipinski definition) is 0. The summed E-state index contributed by atoms with van der Waals surface area (Å²) in [5, 5.41) is 19.0. The van der Waals surface area contributed by atoms with Crippen LogP contribution in [0.4, 0.5) is 17.1 Å². The van der Waals surface area contributed by atoms with Gasteiger partial charge in [-0.2, -0.15) is 0 Å². The van der Waals surface area contributed by atoms with Gasteiger partial charge in [-0.05, 0) is 224 Å². The van der Waals surface area contributed by atoms with E-state index in [0.29, 0.717) is 0 Å². The Bertz CT molecular complexity index is 9600. The van der Waals surface area contributed by atoms with Crippen LogP contribution in [0.5, 0.6) is 0 Å². The van der Waals surface area contributed by atoms with Gasteiger partial charge in [0.05, 0.1) is 54.4 Å². The summed E-state index contributed by atoms with van der Waals surface area (Å²) in [5.74, 6) is 2.52. The molecule has 6 aromatic heterocycles. The van der Waals surface area contributed by atoms with Gasteiger partial charge in [0.25, 0.3) is 0 Å². The van der Waals surface area contributed by atoms with E-state index in [9.17, 15) is 0 Å². The first-order valence-electron chi connectivity index (χ1n) is 45.4. The Labute approximate surface area is 768 Å². The van der Waals surface area contributed by atoms with Crippen molar-refractivity contribution in [2.45, 2.75) is 0 Å². The van der Waals surface area contributed by atoms with Gasteiger partial charge >= 0.3 is 0 Å². The fourth-order valence-corrected chi connectivity index (χ4v) is 23.2. The molecule has 9 heteroatoms. The van der Waals surface area contributed by atoms with Crippen molar-refractivity contribution in [3.05, 3.63) is 449 Å². The maximum Gasteiger partial charge on any atom is 0.165 e. The Balaban J connectivity index is 0.0000000998. The highest BCUT2D eigenvalue weighted by molar-refractivity contribution is 7.26. The third-order valence-electron chi connectivity index (χ3n) is 27.7. The zero-order valence-corrected chi connectivity index (χ0v) is 72.5. The fourth-order valence-electron chi connectivity index (χ4n) is 22.1. The van der Waals surface area contributed by atoms with Crippen LogP contribution in [0.25, 0.3) is 258 Å². The maximum absolute atomic E-state index is 5.37. The van der Waals surface area contributed by atoms with Crippen LogP contribution in [0.1, 0.15) is 0 Å². The van der Waals surface area contributed by atoms with E-state index in [0.717, 1.165) is 94.8 Å². The second kappa shape index (κ2) is 29.5. The van der Waals surface area contributed by atoms with Gasteiger partial charge in [0.1, 0.15) is 5.69 Å². The molecule has 27 aromatic rings. The number of benzene rings is 21. The zero-order chi connectivity index (χ0) is 87.0. The van der Waals surface area contributed by atoms with Gasteiger partial charge in [0.15, 0.2) is 17.5 Å². The monoisotopic (exact) mass is 1710 g/mol. The smallest absolute Gasteiger partial charge is 0.165 e. The van der Waals surface area contributed by atoms with Crippen LogP contribution in [-0.4, -0.2) is 33.6 Å². The van der Waals surface area contributed by atoms with E-state index < -0.39 is 0 Å². The summed E-state index contributed by atoms with van der Waals surface area (Å²) >= 11 is 1.78. The van der Waals surface area contributed by atoms with Gasteiger partial charge < -0.3 is 9.47 Å². The second-order valence-electron chi connectivity index (χ2n) is 34.9. The van der Waals surface area contributed by atoms with Crippen LogP contribution in [0, 0.1) is 0 Å². The summed E-state index contributed by atoms with van der Waals surface area (Å²) in [5.41, 5.74) is 35.0. The molecular formula is C124H74N8S. The van der Waals surface area contributed by atoms with E-state index in [4.69, 9.17) is 19.9 Å². The van der Waals surface area contributed by atoms with Gasteiger partial charge in [-0.3, -0.25) is 9.13 Å². The molecule has 616 valence electrons. The normalized spacial score (nSPS) is 12.1. The predicted octanol–water partition coefficient (Wildman–Crippen LogP) is 33.5. The molecule has 30 rings (SSSR count). The van der Waals surface area contributed by atoms with E-state index in [1.54, 1.807) is 11.3 Å². The summed E-state index contributed by atoms with van der Waals surface area (Å²) in [6, 6.07) is 162. The molecule has 0 radical (unpaired) electrons. The molecule has 0 unspecified atom stereocenters. The predicted molar refractivity (Wildman–Crippen MR) is 558 cm³/mol. The van der Waals surface area contributed by atoms with Crippen LogP contribution in [-0.2, 0) is 0 Å². The average Bonchev–Trinajstić information content (AvgIpc) is 1.54. The third kappa shape index (κ3) is 11.4. The molecule has 0 fully saturated rings. The van der Waals surface area contributed by atoms with Crippen LogP contribution in [0.15, 0.2) is 449 Å². The van der Waals surface area contributed by atoms with Crippen molar-refractivity contribution in [3.8, 4) is 118 Å². The van der Waals surface area contributed by atoms with Crippen LogP contribution < -0.4 is 4.90 Å². The van der Waals surface area contributed by atoms with Crippen molar-refractivity contribution in [3.63, 3.8) is 0 Å². The van der Waals surface area contributed by atoms with Crippen LogP contribution >= 0.6 is 11.3 Å². The largest absolute Gasteiger partial charge is 0.310 e. The SMILES string of the molecule is c1ccc(-c2ccc(N(c3ccccc3)c3cccc(-n4c5cccc6c5c5c7c(cccc7ccc54)-c4ccccc4-6)c3)cc2)cc1.c1ccc(-c2nc(-n3c4cccc5c4c4c6c(cccc6ccc43)-c3ccccc3-5)c3sc4ccccc4c3n2)cc1.c1ccc2c(c1)-c1cccc3ccc4c(c13)c1c-2cccc1n4-c1nc2ccccc2nc1-c1ccc2ccccc2c1. The molecule has 0 atom stereocenters. The highest BCUT2D eigenvalue weighted by atomic mass is 32.1. The van der Waals surface area contributed by atoms with Crippen molar-refractivity contribution in [2.75, 3.05) is 4.90 Å². The van der Waals surface area contributed by atoms with Gasteiger partial charge in [-0.25, -0.2) is 19.9 Å². The van der Waals surface area contributed by atoms with Gasteiger partial charge in [-0.1, -0.05) is 346 Å². The molecule has 0 spiro atoms. The van der Waals surface area contributed by atoms with Crippen LogP contribution in [0.3, 0.4) is 0 Å². The lowest BCUT2D eigenvalue weighted by atomic mass is 9.93. The molecule has 0 bridgehead atoms. The number of fused-ring (bicyclic) bond motifs is 14. The fraction of sp³-hybridized carbons (Fsp3) is 0. The summed E-state index contributed by atoms with van der Waals surface area (Å²) < 4.78 is 9.53. The number of anilines is 3. The van der Waals surface area contributed by atoms with Gasteiger partial charge in [0.2, 0.25) is 0 Å². The quantitative estimate of drug-likeness (QED) is 0.144.